The molecule has 0 fully saturated rings. The van der Waals surface area contributed by atoms with Crippen LogP contribution in [0.3, 0.4) is 0 Å². The molecule has 1 aromatic heterocycles. The maximum atomic E-state index is 5.01. The van der Waals surface area contributed by atoms with Crippen molar-refractivity contribution in [1.82, 2.24) is 5.16 Å². The van der Waals surface area contributed by atoms with E-state index < -0.39 is 0 Å². The monoisotopic (exact) mass is 156 g/mol. The first kappa shape index (κ1) is 6.09. The molecule has 0 saturated heterocycles. The average Bonchev–Trinajstić information content (AvgIpc) is 2.44. The molecule has 0 radical (unpaired) electrons. The SMILES string of the molecule is CNc1onc2c1CSC2. The van der Waals surface area contributed by atoms with Gasteiger partial charge in [-0.15, -0.1) is 0 Å². The van der Waals surface area contributed by atoms with Gasteiger partial charge in [0.1, 0.15) is 0 Å². The molecule has 1 N–H and O–H groups in total. The fourth-order valence-electron chi connectivity index (χ4n) is 1.05. The van der Waals surface area contributed by atoms with E-state index in [0.717, 1.165) is 23.1 Å². The summed E-state index contributed by atoms with van der Waals surface area (Å²) in [7, 11) is 1.85. The van der Waals surface area contributed by atoms with E-state index >= 15 is 0 Å². The minimum atomic E-state index is 0.833. The Morgan fingerprint density at radius 3 is 3.30 bits per heavy atom. The lowest BCUT2D eigenvalue weighted by Crippen LogP contribution is -1.88. The summed E-state index contributed by atoms with van der Waals surface area (Å²) in [6, 6.07) is 0. The number of anilines is 1. The summed E-state index contributed by atoms with van der Waals surface area (Å²) in [6.45, 7) is 0. The summed E-state index contributed by atoms with van der Waals surface area (Å²) in [5.41, 5.74) is 2.35. The molecule has 54 valence electrons. The van der Waals surface area contributed by atoms with Gasteiger partial charge in [-0.1, -0.05) is 5.16 Å². The Morgan fingerprint density at radius 2 is 2.50 bits per heavy atom. The van der Waals surface area contributed by atoms with Crippen LogP contribution in [0.5, 0.6) is 0 Å². The Bertz CT molecular complexity index is 246. The van der Waals surface area contributed by atoms with Crippen molar-refractivity contribution in [2.75, 3.05) is 12.4 Å². The second kappa shape index (κ2) is 2.20. The maximum absolute atomic E-state index is 5.01. The van der Waals surface area contributed by atoms with Crippen LogP contribution in [0, 0.1) is 0 Å². The van der Waals surface area contributed by atoms with Crippen molar-refractivity contribution < 1.29 is 4.52 Å². The van der Waals surface area contributed by atoms with Crippen LogP contribution in [0.15, 0.2) is 4.52 Å². The third-order valence-electron chi connectivity index (χ3n) is 1.58. The van der Waals surface area contributed by atoms with E-state index in [0.29, 0.717) is 0 Å². The van der Waals surface area contributed by atoms with Gasteiger partial charge in [-0.05, 0) is 0 Å². The molecule has 0 unspecified atom stereocenters. The summed E-state index contributed by atoms with van der Waals surface area (Å²) in [5.74, 6) is 2.87. The average molecular weight is 156 g/mol. The molecule has 2 rings (SSSR count). The first-order chi connectivity index (χ1) is 4.92. The van der Waals surface area contributed by atoms with Gasteiger partial charge in [0, 0.05) is 18.6 Å². The predicted octanol–water partition coefficient (Wildman–Crippen LogP) is 1.46. The molecule has 1 aromatic rings. The summed E-state index contributed by atoms with van der Waals surface area (Å²) < 4.78 is 5.01. The number of thioether (sulfide) groups is 1. The maximum Gasteiger partial charge on any atom is 0.228 e. The number of fused-ring (bicyclic) bond motifs is 1. The fourth-order valence-corrected chi connectivity index (χ4v) is 2.07. The van der Waals surface area contributed by atoms with Crippen molar-refractivity contribution >= 4 is 17.6 Å². The van der Waals surface area contributed by atoms with Crippen LogP contribution in [-0.4, -0.2) is 12.2 Å². The second-order valence-electron chi connectivity index (χ2n) is 2.18. The molecule has 3 nitrogen and oxygen atoms in total. The Kier molecular flexibility index (Phi) is 1.34. The molecule has 4 heteroatoms. The van der Waals surface area contributed by atoms with Crippen molar-refractivity contribution in [2.24, 2.45) is 0 Å². The number of rotatable bonds is 1. The highest BCUT2D eigenvalue weighted by Gasteiger charge is 2.19. The summed E-state index contributed by atoms with van der Waals surface area (Å²) >= 11 is 1.88. The predicted molar refractivity (Wildman–Crippen MR) is 41.0 cm³/mol. The van der Waals surface area contributed by atoms with Crippen LogP contribution in [0.1, 0.15) is 11.3 Å². The molecule has 0 saturated carbocycles. The highest BCUT2D eigenvalue weighted by molar-refractivity contribution is 7.98. The van der Waals surface area contributed by atoms with Crippen molar-refractivity contribution in [3.63, 3.8) is 0 Å². The number of hydrogen-bond acceptors (Lipinski definition) is 4. The van der Waals surface area contributed by atoms with Crippen molar-refractivity contribution in [3.8, 4) is 0 Å². The van der Waals surface area contributed by atoms with E-state index in [1.54, 1.807) is 0 Å². The highest BCUT2D eigenvalue weighted by Crippen LogP contribution is 2.33. The van der Waals surface area contributed by atoms with Crippen LogP contribution in [-0.2, 0) is 11.5 Å². The lowest BCUT2D eigenvalue weighted by atomic mass is 10.3. The van der Waals surface area contributed by atoms with Gasteiger partial charge in [-0.2, -0.15) is 11.8 Å². The number of nitrogens with one attached hydrogen (secondary N) is 1. The Labute approximate surface area is 63.2 Å². The van der Waals surface area contributed by atoms with E-state index in [-0.39, 0.29) is 0 Å². The van der Waals surface area contributed by atoms with Crippen LogP contribution < -0.4 is 5.32 Å². The normalized spacial score (nSPS) is 15.3. The fraction of sp³-hybridized carbons (Fsp3) is 0.500. The Balaban J connectivity index is 2.44. The second-order valence-corrected chi connectivity index (χ2v) is 3.17. The zero-order valence-electron chi connectivity index (χ0n) is 5.68. The van der Waals surface area contributed by atoms with Crippen molar-refractivity contribution in [2.45, 2.75) is 11.5 Å². The van der Waals surface area contributed by atoms with E-state index in [1.165, 1.54) is 5.56 Å². The van der Waals surface area contributed by atoms with Gasteiger partial charge in [-0.25, -0.2) is 0 Å². The summed E-state index contributed by atoms with van der Waals surface area (Å²) in [5, 5.41) is 6.87. The Morgan fingerprint density at radius 1 is 1.60 bits per heavy atom. The molecule has 0 aliphatic carbocycles. The molecule has 2 heterocycles. The summed E-state index contributed by atoms with van der Waals surface area (Å²) in [4.78, 5) is 0. The van der Waals surface area contributed by atoms with E-state index in [1.807, 2.05) is 18.8 Å². The summed E-state index contributed by atoms with van der Waals surface area (Å²) in [6.07, 6.45) is 0. The van der Waals surface area contributed by atoms with Crippen LogP contribution in [0.2, 0.25) is 0 Å². The molecule has 0 spiro atoms. The zero-order valence-corrected chi connectivity index (χ0v) is 6.49. The third kappa shape index (κ3) is 0.718. The minimum absolute atomic E-state index is 0.833. The third-order valence-corrected chi connectivity index (χ3v) is 2.55. The van der Waals surface area contributed by atoms with Crippen LogP contribution in [0.4, 0.5) is 5.88 Å². The van der Waals surface area contributed by atoms with Gasteiger partial charge in [0.05, 0.1) is 11.3 Å². The molecule has 0 atom stereocenters. The standard InChI is InChI=1S/C6H8N2OS/c1-7-6-4-2-10-3-5(4)8-9-6/h7H,2-3H2,1H3. The smallest absolute Gasteiger partial charge is 0.228 e. The number of hydrogen-bond donors (Lipinski definition) is 1. The lowest BCUT2D eigenvalue weighted by Gasteiger charge is -1.91. The molecular formula is C6H8N2OS. The van der Waals surface area contributed by atoms with Gasteiger partial charge in [0.25, 0.3) is 0 Å². The molecule has 10 heavy (non-hydrogen) atoms. The molecule has 0 amide bonds. The van der Waals surface area contributed by atoms with Gasteiger partial charge in [0.15, 0.2) is 0 Å². The first-order valence-electron chi connectivity index (χ1n) is 3.14. The molecular weight excluding hydrogens is 148 g/mol. The zero-order chi connectivity index (χ0) is 6.97. The van der Waals surface area contributed by atoms with E-state index in [2.05, 4.69) is 10.5 Å². The van der Waals surface area contributed by atoms with E-state index in [9.17, 15) is 0 Å². The van der Waals surface area contributed by atoms with Crippen LogP contribution >= 0.6 is 11.8 Å². The van der Waals surface area contributed by atoms with Gasteiger partial charge < -0.3 is 9.84 Å². The number of nitrogens with zero attached hydrogens (tertiary/aromatic N) is 1. The topological polar surface area (TPSA) is 38.1 Å². The van der Waals surface area contributed by atoms with Gasteiger partial charge >= 0.3 is 0 Å². The largest absolute Gasteiger partial charge is 0.357 e. The molecule has 0 aromatic carbocycles. The Hall–Kier alpha value is -0.640. The highest BCUT2D eigenvalue weighted by atomic mass is 32.2. The van der Waals surface area contributed by atoms with E-state index in [4.69, 9.17) is 4.52 Å². The van der Waals surface area contributed by atoms with Crippen molar-refractivity contribution in [3.05, 3.63) is 11.3 Å². The molecule has 1 aliphatic heterocycles. The lowest BCUT2D eigenvalue weighted by molar-refractivity contribution is 0.427. The quantitative estimate of drug-likeness (QED) is 0.668. The molecule has 0 bridgehead atoms. The minimum Gasteiger partial charge on any atom is -0.357 e. The van der Waals surface area contributed by atoms with Crippen molar-refractivity contribution in [1.29, 1.82) is 0 Å². The first-order valence-corrected chi connectivity index (χ1v) is 4.30. The van der Waals surface area contributed by atoms with Gasteiger partial charge in [-0.3, -0.25) is 0 Å². The molecule has 1 aliphatic rings. The van der Waals surface area contributed by atoms with Gasteiger partial charge in [0.2, 0.25) is 5.88 Å². The van der Waals surface area contributed by atoms with Crippen LogP contribution in [0.25, 0.3) is 0 Å². The number of aromatic nitrogens is 1.